The van der Waals surface area contributed by atoms with Crippen molar-refractivity contribution in [1.82, 2.24) is 10.5 Å². The van der Waals surface area contributed by atoms with Crippen LogP contribution >= 0.6 is 23.2 Å². The van der Waals surface area contributed by atoms with Crippen molar-refractivity contribution in [3.63, 3.8) is 0 Å². The molecule has 1 saturated heterocycles. The second-order valence-corrected chi connectivity index (χ2v) is 8.25. The topological polar surface area (TPSA) is 47.3 Å². The summed E-state index contributed by atoms with van der Waals surface area (Å²) in [6.45, 7) is 1.58. The van der Waals surface area contributed by atoms with Gasteiger partial charge in [-0.3, -0.25) is 0 Å². The van der Waals surface area contributed by atoms with Crippen LogP contribution in [0.3, 0.4) is 0 Å². The number of nitrogens with one attached hydrogen (secondary N) is 1. The second-order valence-electron chi connectivity index (χ2n) is 7.43. The minimum Gasteiger partial charge on any atom is -0.373 e. The summed E-state index contributed by atoms with van der Waals surface area (Å²) < 4.78 is 12.0. The molecule has 3 aliphatic rings. The van der Waals surface area contributed by atoms with Crippen molar-refractivity contribution in [2.75, 3.05) is 6.54 Å². The molecule has 0 radical (unpaired) electrons. The van der Waals surface area contributed by atoms with Crippen LogP contribution in [0, 0.1) is 5.92 Å². The summed E-state index contributed by atoms with van der Waals surface area (Å²) in [5.74, 6) is 2.04. The maximum atomic E-state index is 6.40. The van der Waals surface area contributed by atoms with E-state index < -0.39 is 0 Å². The second kappa shape index (κ2) is 6.27. The van der Waals surface area contributed by atoms with Crippen molar-refractivity contribution in [2.45, 2.75) is 50.4 Å². The van der Waals surface area contributed by atoms with Gasteiger partial charge >= 0.3 is 0 Å². The molecule has 5 rings (SSSR count). The number of aromatic nitrogens is 1. The molecule has 3 fully saturated rings. The van der Waals surface area contributed by atoms with E-state index in [9.17, 15) is 0 Å². The summed E-state index contributed by atoms with van der Waals surface area (Å²) in [6.07, 6.45) is 4.94. The van der Waals surface area contributed by atoms with Gasteiger partial charge in [-0.1, -0.05) is 34.4 Å². The van der Waals surface area contributed by atoms with Crippen LogP contribution in [0.2, 0.25) is 10.0 Å². The molecule has 2 bridgehead atoms. The molecular weight excluding hydrogens is 359 g/mol. The third-order valence-electron chi connectivity index (χ3n) is 5.71. The number of halogens is 2. The molecule has 6 heteroatoms. The Morgan fingerprint density at radius 2 is 2.00 bits per heavy atom. The highest BCUT2D eigenvalue weighted by molar-refractivity contribution is 6.39. The van der Waals surface area contributed by atoms with E-state index in [2.05, 4.69) is 10.5 Å². The summed E-state index contributed by atoms with van der Waals surface area (Å²) in [5, 5.41) is 9.03. The molecule has 1 aromatic carbocycles. The molecule has 132 valence electrons. The molecular formula is C19H20Cl2N2O2. The zero-order chi connectivity index (χ0) is 17.0. The zero-order valence-electron chi connectivity index (χ0n) is 13.8. The number of hydrogen-bond donors (Lipinski definition) is 1. The Labute approximate surface area is 156 Å². The van der Waals surface area contributed by atoms with Gasteiger partial charge < -0.3 is 14.6 Å². The smallest absolute Gasteiger partial charge is 0.145 e. The lowest BCUT2D eigenvalue weighted by atomic mass is 10.0. The molecule has 1 aliphatic heterocycles. The lowest BCUT2D eigenvalue weighted by molar-refractivity contribution is 0.00914. The van der Waals surface area contributed by atoms with E-state index in [0.717, 1.165) is 48.4 Å². The predicted octanol–water partition coefficient (Wildman–Crippen LogP) is 4.79. The number of nitrogens with zero attached hydrogens (tertiary/aromatic N) is 1. The van der Waals surface area contributed by atoms with Gasteiger partial charge in [-0.25, -0.2) is 0 Å². The van der Waals surface area contributed by atoms with Crippen LogP contribution in [0.25, 0.3) is 11.3 Å². The Bertz CT molecular complexity index is 782. The van der Waals surface area contributed by atoms with Crippen molar-refractivity contribution in [3.8, 4) is 11.3 Å². The predicted molar refractivity (Wildman–Crippen MR) is 97.0 cm³/mol. The molecule has 2 aromatic rings. The highest BCUT2D eigenvalue weighted by atomic mass is 35.5. The van der Waals surface area contributed by atoms with Gasteiger partial charge in [0.15, 0.2) is 0 Å². The molecule has 2 saturated carbocycles. The van der Waals surface area contributed by atoms with Crippen LogP contribution in [0.15, 0.2) is 22.7 Å². The summed E-state index contributed by atoms with van der Waals surface area (Å²) in [7, 11) is 0. The quantitative estimate of drug-likeness (QED) is 0.811. The third kappa shape index (κ3) is 2.89. The Balaban J connectivity index is 1.46. The fourth-order valence-electron chi connectivity index (χ4n) is 4.23. The minimum absolute atomic E-state index is 0.322. The Morgan fingerprint density at radius 3 is 2.64 bits per heavy atom. The molecule has 0 unspecified atom stereocenters. The third-order valence-corrected chi connectivity index (χ3v) is 6.34. The number of rotatable bonds is 5. The molecule has 3 atom stereocenters. The highest BCUT2D eigenvalue weighted by Gasteiger charge is 2.41. The zero-order valence-corrected chi connectivity index (χ0v) is 15.3. The molecule has 2 aliphatic carbocycles. The SMILES string of the molecule is Clc1cccc(Cl)c1-c1noc(C2CC2)c1CO[C@H]1C[C@@H]2C[C@H]1CN2. The van der Waals surface area contributed by atoms with E-state index in [4.69, 9.17) is 32.5 Å². The molecule has 2 heterocycles. The first-order valence-corrected chi connectivity index (χ1v) is 9.74. The Hall–Kier alpha value is -1.07. The Kier molecular flexibility index (Phi) is 4.05. The van der Waals surface area contributed by atoms with Gasteiger partial charge in [0.25, 0.3) is 0 Å². The average Bonchev–Trinajstić information content (AvgIpc) is 3.03. The fraction of sp³-hybridized carbons (Fsp3) is 0.526. The standard InChI is InChI=1S/C19H20Cl2N2O2/c20-14-2-1-3-15(21)17(14)18-13(19(25-23-18)10-4-5-10)9-24-16-7-12-6-11(16)8-22-12/h1-3,10-12,16,22H,4-9H2/t11-,12-,16-/m0/s1. The van der Waals surface area contributed by atoms with Gasteiger partial charge in [-0.05, 0) is 43.7 Å². The first-order valence-electron chi connectivity index (χ1n) is 8.98. The molecule has 1 N–H and O–H groups in total. The van der Waals surface area contributed by atoms with Gasteiger partial charge in [0.1, 0.15) is 11.5 Å². The summed E-state index contributed by atoms with van der Waals surface area (Å²) in [6, 6.07) is 6.13. The van der Waals surface area contributed by atoms with Crippen molar-refractivity contribution in [3.05, 3.63) is 39.6 Å². The van der Waals surface area contributed by atoms with E-state index in [0.29, 0.717) is 40.6 Å². The van der Waals surface area contributed by atoms with Crippen molar-refractivity contribution >= 4 is 23.2 Å². The highest BCUT2D eigenvalue weighted by Crippen LogP contribution is 2.46. The largest absolute Gasteiger partial charge is 0.373 e. The van der Waals surface area contributed by atoms with Gasteiger partial charge in [0, 0.05) is 29.6 Å². The van der Waals surface area contributed by atoms with Crippen LogP contribution in [0.4, 0.5) is 0 Å². The summed E-state index contributed by atoms with van der Waals surface area (Å²) >= 11 is 12.8. The maximum Gasteiger partial charge on any atom is 0.145 e. The fourth-order valence-corrected chi connectivity index (χ4v) is 4.80. The number of ether oxygens (including phenoxy) is 1. The van der Waals surface area contributed by atoms with Crippen LogP contribution in [-0.4, -0.2) is 23.8 Å². The van der Waals surface area contributed by atoms with E-state index >= 15 is 0 Å². The van der Waals surface area contributed by atoms with Crippen molar-refractivity contribution in [2.24, 2.45) is 5.92 Å². The van der Waals surface area contributed by atoms with Crippen LogP contribution < -0.4 is 5.32 Å². The lowest BCUT2D eigenvalue weighted by Gasteiger charge is -2.23. The minimum atomic E-state index is 0.322. The van der Waals surface area contributed by atoms with Crippen molar-refractivity contribution in [1.29, 1.82) is 0 Å². The van der Waals surface area contributed by atoms with Crippen molar-refractivity contribution < 1.29 is 9.26 Å². The number of fused-ring (bicyclic) bond motifs is 2. The van der Waals surface area contributed by atoms with Crippen LogP contribution in [0.5, 0.6) is 0 Å². The molecule has 0 spiro atoms. The maximum absolute atomic E-state index is 6.40. The van der Waals surface area contributed by atoms with Gasteiger partial charge in [0.2, 0.25) is 0 Å². The molecule has 1 aromatic heterocycles. The number of benzene rings is 1. The lowest BCUT2D eigenvalue weighted by Crippen LogP contribution is -2.34. The normalized spacial score (nSPS) is 28.0. The van der Waals surface area contributed by atoms with Crippen LogP contribution in [-0.2, 0) is 11.3 Å². The van der Waals surface area contributed by atoms with Gasteiger partial charge in [-0.15, -0.1) is 0 Å². The summed E-state index contributed by atoms with van der Waals surface area (Å²) in [4.78, 5) is 0. The van der Waals surface area contributed by atoms with E-state index in [1.54, 1.807) is 0 Å². The molecule has 4 nitrogen and oxygen atoms in total. The Morgan fingerprint density at radius 1 is 1.20 bits per heavy atom. The van der Waals surface area contributed by atoms with E-state index in [1.807, 2.05) is 18.2 Å². The van der Waals surface area contributed by atoms with E-state index in [-0.39, 0.29) is 0 Å². The number of piperidine rings is 1. The van der Waals surface area contributed by atoms with Gasteiger partial charge in [-0.2, -0.15) is 0 Å². The monoisotopic (exact) mass is 378 g/mol. The van der Waals surface area contributed by atoms with E-state index in [1.165, 1.54) is 6.42 Å². The van der Waals surface area contributed by atoms with Crippen LogP contribution in [0.1, 0.15) is 42.9 Å². The molecule has 0 amide bonds. The first kappa shape index (κ1) is 16.1. The molecule has 25 heavy (non-hydrogen) atoms. The number of hydrogen-bond acceptors (Lipinski definition) is 4. The average molecular weight is 379 g/mol. The van der Waals surface area contributed by atoms with Gasteiger partial charge in [0.05, 0.1) is 22.8 Å². The summed E-state index contributed by atoms with van der Waals surface area (Å²) in [5.41, 5.74) is 2.50. The first-order chi connectivity index (χ1) is 12.2.